The lowest BCUT2D eigenvalue weighted by atomic mass is 10.0. The molecule has 2 atom stereocenters. The highest BCUT2D eigenvalue weighted by atomic mass is 15.2. The second kappa shape index (κ2) is 3.55. The molecule has 0 heterocycles. The predicted molar refractivity (Wildman–Crippen MR) is 48.5 cm³/mol. The predicted octanol–water partition coefficient (Wildman–Crippen LogP) is 1.06. The summed E-state index contributed by atoms with van der Waals surface area (Å²) in [5, 5.41) is 0. The second-order valence-electron chi connectivity index (χ2n) is 4.01. The molecule has 2 heteroatoms. The molecule has 0 spiro atoms. The smallest absolute Gasteiger partial charge is 0.00934 e. The monoisotopic (exact) mass is 156 g/mol. The fraction of sp³-hybridized carbons (Fsp3) is 1.00. The molecule has 11 heavy (non-hydrogen) atoms. The Labute approximate surface area is 69.8 Å². The molecule has 1 aliphatic rings. The van der Waals surface area contributed by atoms with Crippen molar-refractivity contribution in [3.8, 4) is 0 Å². The van der Waals surface area contributed by atoms with Crippen molar-refractivity contribution in [3.63, 3.8) is 0 Å². The van der Waals surface area contributed by atoms with Gasteiger partial charge in [-0.15, -0.1) is 0 Å². The average Bonchev–Trinajstić information content (AvgIpc) is 2.67. The second-order valence-corrected chi connectivity index (χ2v) is 4.01. The van der Waals surface area contributed by atoms with Gasteiger partial charge in [0.05, 0.1) is 0 Å². The molecule has 2 nitrogen and oxygen atoms in total. The van der Waals surface area contributed by atoms with Crippen LogP contribution in [0.15, 0.2) is 0 Å². The highest BCUT2D eigenvalue weighted by Gasteiger charge is 2.27. The lowest BCUT2D eigenvalue weighted by Crippen LogP contribution is -2.35. The molecule has 1 rings (SSSR count). The number of hydrogen-bond acceptors (Lipinski definition) is 2. The SMILES string of the molecule is CC(N)C(C)CN(C)C1CC1. The highest BCUT2D eigenvalue weighted by molar-refractivity contribution is 4.83. The van der Waals surface area contributed by atoms with Crippen LogP contribution in [0.1, 0.15) is 26.7 Å². The van der Waals surface area contributed by atoms with Crippen molar-refractivity contribution in [2.24, 2.45) is 11.7 Å². The molecule has 0 bridgehead atoms. The first-order chi connectivity index (χ1) is 5.11. The van der Waals surface area contributed by atoms with E-state index in [0.717, 1.165) is 12.6 Å². The van der Waals surface area contributed by atoms with Gasteiger partial charge in [0.25, 0.3) is 0 Å². The standard InChI is InChI=1S/C9H20N2/c1-7(8(2)10)6-11(3)9-4-5-9/h7-9H,4-6,10H2,1-3H3. The molecule has 2 N–H and O–H groups in total. The summed E-state index contributed by atoms with van der Waals surface area (Å²) >= 11 is 0. The van der Waals surface area contributed by atoms with Crippen molar-refractivity contribution < 1.29 is 0 Å². The minimum Gasteiger partial charge on any atom is -0.328 e. The van der Waals surface area contributed by atoms with Crippen molar-refractivity contribution >= 4 is 0 Å². The van der Waals surface area contributed by atoms with Gasteiger partial charge in [-0.25, -0.2) is 0 Å². The third-order valence-corrected chi connectivity index (χ3v) is 2.64. The largest absolute Gasteiger partial charge is 0.328 e. The molecule has 1 aliphatic carbocycles. The third-order valence-electron chi connectivity index (χ3n) is 2.64. The van der Waals surface area contributed by atoms with E-state index in [-0.39, 0.29) is 0 Å². The van der Waals surface area contributed by atoms with E-state index in [1.165, 1.54) is 12.8 Å². The van der Waals surface area contributed by atoms with Gasteiger partial charge in [-0.3, -0.25) is 0 Å². The molecule has 1 fully saturated rings. The normalized spacial score (nSPS) is 23.7. The summed E-state index contributed by atoms with van der Waals surface area (Å²) < 4.78 is 0. The lowest BCUT2D eigenvalue weighted by molar-refractivity contribution is 0.260. The van der Waals surface area contributed by atoms with E-state index >= 15 is 0 Å². The Morgan fingerprint density at radius 2 is 2.00 bits per heavy atom. The molecule has 0 amide bonds. The van der Waals surface area contributed by atoms with Crippen molar-refractivity contribution in [1.82, 2.24) is 4.90 Å². The summed E-state index contributed by atoms with van der Waals surface area (Å²) in [5.41, 5.74) is 5.78. The van der Waals surface area contributed by atoms with Crippen LogP contribution >= 0.6 is 0 Å². The summed E-state index contributed by atoms with van der Waals surface area (Å²) in [7, 11) is 2.20. The zero-order valence-corrected chi connectivity index (χ0v) is 7.88. The van der Waals surface area contributed by atoms with Crippen LogP contribution in [0.25, 0.3) is 0 Å². The van der Waals surface area contributed by atoms with Gasteiger partial charge in [0.2, 0.25) is 0 Å². The number of nitrogens with two attached hydrogens (primary N) is 1. The van der Waals surface area contributed by atoms with E-state index in [1.807, 2.05) is 0 Å². The Morgan fingerprint density at radius 1 is 1.45 bits per heavy atom. The lowest BCUT2D eigenvalue weighted by Gasteiger charge is -2.23. The first-order valence-corrected chi connectivity index (χ1v) is 4.57. The van der Waals surface area contributed by atoms with Crippen LogP contribution in [0.3, 0.4) is 0 Å². The van der Waals surface area contributed by atoms with Crippen molar-refractivity contribution in [1.29, 1.82) is 0 Å². The Hall–Kier alpha value is -0.0800. The zero-order chi connectivity index (χ0) is 8.43. The van der Waals surface area contributed by atoms with Crippen LogP contribution in [0, 0.1) is 5.92 Å². The van der Waals surface area contributed by atoms with Gasteiger partial charge in [-0.05, 0) is 32.7 Å². The van der Waals surface area contributed by atoms with Gasteiger partial charge in [0, 0.05) is 18.6 Å². The molecule has 0 aromatic carbocycles. The van der Waals surface area contributed by atoms with Gasteiger partial charge < -0.3 is 10.6 Å². The maximum absolute atomic E-state index is 5.78. The molecule has 66 valence electrons. The molecular weight excluding hydrogens is 136 g/mol. The Balaban J connectivity index is 2.17. The molecule has 0 saturated heterocycles. The fourth-order valence-electron chi connectivity index (χ4n) is 1.28. The molecule has 0 radical (unpaired) electrons. The highest BCUT2D eigenvalue weighted by Crippen LogP contribution is 2.25. The van der Waals surface area contributed by atoms with Crippen LogP contribution in [0.5, 0.6) is 0 Å². The van der Waals surface area contributed by atoms with E-state index < -0.39 is 0 Å². The minimum atomic E-state index is 0.330. The molecule has 0 aromatic rings. The van der Waals surface area contributed by atoms with Crippen LogP contribution in [-0.2, 0) is 0 Å². The van der Waals surface area contributed by atoms with Gasteiger partial charge in [0.1, 0.15) is 0 Å². The molecule has 2 unspecified atom stereocenters. The summed E-state index contributed by atoms with van der Waals surface area (Å²) in [4.78, 5) is 2.44. The van der Waals surface area contributed by atoms with Crippen LogP contribution in [0.2, 0.25) is 0 Å². The topological polar surface area (TPSA) is 29.3 Å². The quantitative estimate of drug-likeness (QED) is 0.659. The third kappa shape index (κ3) is 2.80. The molecule has 1 saturated carbocycles. The summed E-state index contributed by atoms with van der Waals surface area (Å²) in [6.45, 7) is 5.47. The van der Waals surface area contributed by atoms with E-state index in [2.05, 4.69) is 25.8 Å². The molecule has 0 aromatic heterocycles. The van der Waals surface area contributed by atoms with Crippen molar-refractivity contribution in [2.45, 2.75) is 38.8 Å². The van der Waals surface area contributed by atoms with Gasteiger partial charge >= 0.3 is 0 Å². The Kier molecular flexibility index (Phi) is 2.90. The average molecular weight is 156 g/mol. The number of hydrogen-bond donors (Lipinski definition) is 1. The van der Waals surface area contributed by atoms with Crippen molar-refractivity contribution in [2.75, 3.05) is 13.6 Å². The van der Waals surface area contributed by atoms with E-state index in [4.69, 9.17) is 5.73 Å². The summed E-state index contributed by atoms with van der Waals surface area (Å²) in [6, 6.07) is 1.20. The Bertz CT molecular complexity index is 113. The van der Waals surface area contributed by atoms with Gasteiger partial charge in [0.15, 0.2) is 0 Å². The van der Waals surface area contributed by atoms with Crippen LogP contribution in [-0.4, -0.2) is 30.6 Å². The summed E-state index contributed by atoms with van der Waals surface area (Å²) in [5.74, 6) is 0.626. The molecule has 0 aliphatic heterocycles. The molecular formula is C9H20N2. The number of nitrogens with zero attached hydrogens (tertiary/aromatic N) is 1. The van der Waals surface area contributed by atoms with E-state index in [9.17, 15) is 0 Å². The fourth-order valence-corrected chi connectivity index (χ4v) is 1.28. The maximum Gasteiger partial charge on any atom is 0.00934 e. The first kappa shape index (κ1) is 9.01. The number of rotatable bonds is 4. The first-order valence-electron chi connectivity index (χ1n) is 4.57. The zero-order valence-electron chi connectivity index (χ0n) is 7.88. The van der Waals surface area contributed by atoms with Crippen LogP contribution in [0.4, 0.5) is 0 Å². The van der Waals surface area contributed by atoms with E-state index in [0.29, 0.717) is 12.0 Å². The summed E-state index contributed by atoms with van der Waals surface area (Å²) in [6.07, 6.45) is 2.78. The minimum absolute atomic E-state index is 0.330. The van der Waals surface area contributed by atoms with Gasteiger partial charge in [-0.1, -0.05) is 6.92 Å². The van der Waals surface area contributed by atoms with Crippen molar-refractivity contribution in [3.05, 3.63) is 0 Å². The maximum atomic E-state index is 5.78. The van der Waals surface area contributed by atoms with Gasteiger partial charge in [-0.2, -0.15) is 0 Å². The van der Waals surface area contributed by atoms with E-state index in [1.54, 1.807) is 0 Å². The van der Waals surface area contributed by atoms with Crippen LogP contribution < -0.4 is 5.73 Å². The Morgan fingerprint density at radius 3 is 2.36 bits per heavy atom.